The highest BCUT2D eigenvalue weighted by atomic mass is 15.2. The minimum atomic E-state index is 0.200. The van der Waals surface area contributed by atoms with Crippen molar-refractivity contribution in [2.45, 2.75) is 18.9 Å². The predicted molar refractivity (Wildman–Crippen MR) is 64.0 cm³/mol. The summed E-state index contributed by atoms with van der Waals surface area (Å²) in [4.78, 5) is 2.36. The SMILES string of the molecule is Cc1ccccc1C1(N(C)C)CCNC1. The predicted octanol–water partition coefficient (Wildman–Crippen LogP) is 1.75. The largest absolute Gasteiger partial charge is 0.314 e. The van der Waals surface area contributed by atoms with Gasteiger partial charge in [0.25, 0.3) is 0 Å². The molecule has 0 radical (unpaired) electrons. The van der Waals surface area contributed by atoms with Crippen molar-refractivity contribution in [3.63, 3.8) is 0 Å². The molecule has 1 aromatic carbocycles. The summed E-state index contributed by atoms with van der Waals surface area (Å²) in [5.74, 6) is 0. The van der Waals surface area contributed by atoms with Crippen molar-refractivity contribution in [3.05, 3.63) is 35.4 Å². The first kappa shape index (κ1) is 10.7. The molecule has 82 valence electrons. The van der Waals surface area contributed by atoms with E-state index in [4.69, 9.17) is 0 Å². The molecule has 2 nitrogen and oxygen atoms in total. The van der Waals surface area contributed by atoms with Crippen LogP contribution in [0.1, 0.15) is 17.5 Å². The van der Waals surface area contributed by atoms with Crippen molar-refractivity contribution < 1.29 is 0 Å². The average molecular weight is 204 g/mol. The zero-order valence-electron chi connectivity index (χ0n) is 9.88. The maximum Gasteiger partial charge on any atom is 0.0595 e. The standard InChI is InChI=1S/C13H20N2/c1-11-6-4-5-7-12(11)13(15(2)3)8-9-14-10-13/h4-7,14H,8-10H2,1-3H3. The van der Waals surface area contributed by atoms with Gasteiger partial charge in [0.1, 0.15) is 0 Å². The number of rotatable bonds is 2. The van der Waals surface area contributed by atoms with Crippen LogP contribution in [0.3, 0.4) is 0 Å². The van der Waals surface area contributed by atoms with Gasteiger partial charge >= 0.3 is 0 Å². The van der Waals surface area contributed by atoms with Crippen LogP contribution in [-0.2, 0) is 5.54 Å². The lowest BCUT2D eigenvalue weighted by Crippen LogP contribution is -2.43. The molecule has 1 atom stereocenters. The van der Waals surface area contributed by atoms with E-state index in [0.717, 1.165) is 13.1 Å². The van der Waals surface area contributed by atoms with E-state index in [0.29, 0.717) is 0 Å². The van der Waals surface area contributed by atoms with Crippen LogP contribution < -0.4 is 5.32 Å². The Hall–Kier alpha value is -0.860. The summed E-state index contributed by atoms with van der Waals surface area (Å²) in [6, 6.07) is 8.73. The number of nitrogens with one attached hydrogen (secondary N) is 1. The van der Waals surface area contributed by atoms with Crippen LogP contribution in [0, 0.1) is 6.92 Å². The number of aryl methyl sites for hydroxylation is 1. The molecule has 1 aliphatic heterocycles. The lowest BCUT2D eigenvalue weighted by Gasteiger charge is -2.37. The molecule has 2 heteroatoms. The summed E-state index contributed by atoms with van der Waals surface area (Å²) in [5.41, 5.74) is 3.07. The molecule has 0 bridgehead atoms. The second-order valence-electron chi connectivity index (χ2n) is 4.67. The summed E-state index contributed by atoms with van der Waals surface area (Å²) in [6.45, 7) is 4.39. The van der Waals surface area contributed by atoms with Gasteiger partial charge in [-0.3, -0.25) is 4.90 Å². The topological polar surface area (TPSA) is 15.3 Å². The number of hydrogen-bond donors (Lipinski definition) is 1. The molecule has 0 saturated carbocycles. The van der Waals surface area contributed by atoms with Crippen molar-refractivity contribution in [1.29, 1.82) is 0 Å². The quantitative estimate of drug-likeness (QED) is 0.789. The molecule has 1 unspecified atom stereocenters. The fourth-order valence-electron chi connectivity index (χ4n) is 2.63. The van der Waals surface area contributed by atoms with Crippen LogP contribution in [0.5, 0.6) is 0 Å². The molecule has 0 aliphatic carbocycles. The van der Waals surface area contributed by atoms with Crippen LogP contribution in [0.2, 0.25) is 0 Å². The van der Waals surface area contributed by atoms with Gasteiger partial charge in [-0.1, -0.05) is 24.3 Å². The lowest BCUT2D eigenvalue weighted by molar-refractivity contribution is 0.173. The molecule has 0 aromatic heterocycles. The highest BCUT2D eigenvalue weighted by molar-refractivity contribution is 5.34. The Bertz CT molecular complexity index is 338. The Morgan fingerprint density at radius 1 is 1.27 bits per heavy atom. The molecular weight excluding hydrogens is 184 g/mol. The van der Waals surface area contributed by atoms with E-state index in [1.807, 2.05) is 0 Å². The van der Waals surface area contributed by atoms with Crippen LogP contribution in [0.15, 0.2) is 24.3 Å². The van der Waals surface area contributed by atoms with Crippen LogP contribution in [-0.4, -0.2) is 32.1 Å². The van der Waals surface area contributed by atoms with Gasteiger partial charge in [0.05, 0.1) is 5.54 Å². The second kappa shape index (κ2) is 3.95. The molecule has 15 heavy (non-hydrogen) atoms. The Morgan fingerprint density at radius 3 is 2.53 bits per heavy atom. The maximum atomic E-state index is 3.48. The smallest absolute Gasteiger partial charge is 0.0595 e. The van der Waals surface area contributed by atoms with Gasteiger partial charge < -0.3 is 5.32 Å². The minimum Gasteiger partial charge on any atom is -0.314 e. The fraction of sp³-hybridized carbons (Fsp3) is 0.538. The highest BCUT2D eigenvalue weighted by Crippen LogP contribution is 2.34. The molecule has 1 heterocycles. The van der Waals surface area contributed by atoms with Gasteiger partial charge in [-0.15, -0.1) is 0 Å². The first-order valence-electron chi connectivity index (χ1n) is 5.61. The Labute approximate surface area is 92.3 Å². The van der Waals surface area contributed by atoms with Gasteiger partial charge in [0.15, 0.2) is 0 Å². The summed E-state index contributed by atoms with van der Waals surface area (Å²) in [5, 5.41) is 3.48. The third kappa shape index (κ3) is 1.68. The molecule has 2 rings (SSSR count). The van der Waals surface area contributed by atoms with Crippen LogP contribution >= 0.6 is 0 Å². The number of likely N-dealkylation sites (N-methyl/N-ethyl adjacent to an activating group) is 1. The van der Waals surface area contributed by atoms with E-state index in [2.05, 4.69) is 55.5 Å². The summed E-state index contributed by atoms with van der Waals surface area (Å²) in [6.07, 6.45) is 1.20. The second-order valence-corrected chi connectivity index (χ2v) is 4.67. The average Bonchev–Trinajstić information content (AvgIpc) is 2.68. The normalized spacial score (nSPS) is 26.1. The zero-order valence-corrected chi connectivity index (χ0v) is 9.88. The first-order chi connectivity index (χ1) is 7.17. The Kier molecular flexibility index (Phi) is 2.81. The summed E-state index contributed by atoms with van der Waals surface area (Å²) in [7, 11) is 4.36. The van der Waals surface area contributed by atoms with Crippen LogP contribution in [0.4, 0.5) is 0 Å². The van der Waals surface area contributed by atoms with Crippen molar-refractivity contribution in [2.24, 2.45) is 0 Å². The first-order valence-corrected chi connectivity index (χ1v) is 5.61. The molecule has 0 spiro atoms. The van der Waals surface area contributed by atoms with Crippen molar-refractivity contribution in [3.8, 4) is 0 Å². The maximum absolute atomic E-state index is 3.48. The van der Waals surface area contributed by atoms with Gasteiger partial charge in [-0.2, -0.15) is 0 Å². The number of benzene rings is 1. The molecule has 1 aromatic rings. The summed E-state index contributed by atoms with van der Waals surface area (Å²) >= 11 is 0. The van der Waals surface area contributed by atoms with E-state index in [9.17, 15) is 0 Å². The van der Waals surface area contributed by atoms with E-state index < -0.39 is 0 Å². The van der Waals surface area contributed by atoms with Crippen molar-refractivity contribution in [1.82, 2.24) is 10.2 Å². The third-order valence-corrected chi connectivity index (χ3v) is 3.64. The fourth-order valence-corrected chi connectivity index (χ4v) is 2.63. The molecule has 0 amide bonds. The van der Waals surface area contributed by atoms with Gasteiger partial charge in [0.2, 0.25) is 0 Å². The number of hydrogen-bond acceptors (Lipinski definition) is 2. The van der Waals surface area contributed by atoms with E-state index >= 15 is 0 Å². The zero-order chi connectivity index (χ0) is 10.9. The van der Waals surface area contributed by atoms with Crippen LogP contribution in [0.25, 0.3) is 0 Å². The minimum absolute atomic E-state index is 0.200. The number of nitrogens with zero attached hydrogens (tertiary/aromatic N) is 1. The Balaban J connectivity index is 2.46. The van der Waals surface area contributed by atoms with Gasteiger partial charge in [-0.05, 0) is 45.1 Å². The van der Waals surface area contributed by atoms with E-state index in [1.165, 1.54) is 17.5 Å². The van der Waals surface area contributed by atoms with Gasteiger partial charge in [-0.25, -0.2) is 0 Å². The monoisotopic (exact) mass is 204 g/mol. The summed E-state index contributed by atoms with van der Waals surface area (Å²) < 4.78 is 0. The van der Waals surface area contributed by atoms with Gasteiger partial charge in [0, 0.05) is 6.54 Å². The lowest BCUT2D eigenvalue weighted by atomic mass is 9.85. The van der Waals surface area contributed by atoms with E-state index in [1.54, 1.807) is 0 Å². The van der Waals surface area contributed by atoms with Crippen molar-refractivity contribution >= 4 is 0 Å². The molecule has 1 fully saturated rings. The molecule has 1 aliphatic rings. The highest BCUT2D eigenvalue weighted by Gasteiger charge is 2.38. The van der Waals surface area contributed by atoms with Crippen molar-refractivity contribution in [2.75, 3.05) is 27.2 Å². The third-order valence-electron chi connectivity index (χ3n) is 3.64. The molecule has 1 N–H and O–H groups in total. The molecule has 1 saturated heterocycles. The Morgan fingerprint density at radius 2 is 2.00 bits per heavy atom. The molecular formula is C13H20N2. The van der Waals surface area contributed by atoms with E-state index in [-0.39, 0.29) is 5.54 Å².